The van der Waals surface area contributed by atoms with Crippen LogP contribution in [-0.4, -0.2) is 46.7 Å². The number of rotatable bonds is 5. The third-order valence-corrected chi connectivity index (χ3v) is 3.64. The first-order valence-corrected chi connectivity index (χ1v) is 6.73. The zero-order chi connectivity index (χ0) is 14.8. The van der Waals surface area contributed by atoms with Gasteiger partial charge in [0.2, 0.25) is 5.91 Å². The molecule has 6 nitrogen and oxygen atoms in total. The fourth-order valence-electron chi connectivity index (χ4n) is 2.22. The Morgan fingerprint density at radius 1 is 1.32 bits per heavy atom. The number of nitrogens with one attached hydrogen (secondary N) is 1. The summed E-state index contributed by atoms with van der Waals surface area (Å²) >= 11 is 0. The molecule has 1 rings (SSSR count). The second-order valence-electron chi connectivity index (χ2n) is 6.14. The van der Waals surface area contributed by atoms with Gasteiger partial charge in [0.05, 0.1) is 13.1 Å². The predicted molar refractivity (Wildman–Crippen MR) is 72.3 cm³/mol. The van der Waals surface area contributed by atoms with E-state index in [1.807, 2.05) is 27.7 Å². The van der Waals surface area contributed by atoms with Crippen LogP contribution in [0.25, 0.3) is 0 Å². The van der Waals surface area contributed by atoms with Crippen LogP contribution in [0.4, 0.5) is 4.79 Å². The maximum atomic E-state index is 12.3. The minimum atomic E-state index is -0.801. The lowest BCUT2D eigenvalue weighted by atomic mass is 9.82. The van der Waals surface area contributed by atoms with Gasteiger partial charge in [-0.1, -0.05) is 27.7 Å². The van der Waals surface area contributed by atoms with Gasteiger partial charge in [-0.2, -0.15) is 0 Å². The number of primary amides is 1. The highest BCUT2D eigenvalue weighted by Crippen LogP contribution is 2.29. The largest absolute Gasteiger partial charge is 0.386 e. The molecule has 0 aromatic carbocycles. The fourth-order valence-corrected chi connectivity index (χ4v) is 2.22. The number of hydrogen-bond donors (Lipinski definition) is 3. The summed E-state index contributed by atoms with van der Waals surface area (Å²) in [5, 5.41) is 12.6. The lowest BCUT2D eigenvalue weighted by Crippen LogP contribution is -2.68. The molecule has 1 atom stereocenters. The Balaban J connectivity index is 2.61. The number of likely N-dealkylation sites (tertiary alicyclic amines) is 1. The SMILES string of the molecule is CC(C)CC(NC(N)=O)C(=O)N1CC(O)(C(C)C)C1. The average Bonchev–Trinajstić information content (AvgIpc) is 2.21. The minimum absolute atomic E-state index is 0.101. The van der Waals surface area contributed by atoms with E-state index in [0.717, 1.165) is 0 Å². The van der Waals surface area contributed by atoms with E-state index in [2.05, 4.69) is 5.32 Å². The normalized spacial score (nSPS) is 19.2. The van der Waals surface area contributed by atoms with Crippen LogP contribution in [-0.2, 0) is 4.79 Å². The van der Waals surface area contributed by atoms with Crippen LogP contribution in [0.5, 0.6) is 0 Å². The number of carbonyl (C=O) groups is 2. The number of β-amino-alcohol motifs (C(OH)–C–C–N with tert-alkyl or cyclic N) is 1. The summed E-state index contributed by atoms with van der Waals surface area (Å²) in [5.41, 5.74) is 4.30. The van der Waals surface area contributed by atoms with Gasteiger partial charge in [0, 0.05) is 0 Å². The first-order valence-electron chi connectivity index (χ1n) is 6.73. The van der Waals surface area contributed by atoms with E-state index in [-0.39, 0.29) is 17.7 Å². The lowest BCUT2D eigenvalue weighted by Gasteiger charge is -2.50. The van der Waals surface area contributed by atoms with Crippen molar-refractivity contribution in [2.24, 2.45) is 17.6 Å². The highest BCUT2D eigenvalue weighted by atomic mass is 16.3. The Bertz CT molecular complexity index is 349. The summed E-state index contributed by atoms with van der Waals surface area (Å²) in [6.07, 6.45) is 0.540. The van der Waals surface area contributed by atoms with Crippen molar-refractivity contribution in [3.8, 4) is 0 Å². The summed E-state index contributed by atoms with van der Waals surface area (Å²) in [7, 11) is 0. The van der Waals surface area contributed by atoms with Crippen LogP contribution >= 0.6 is 0 Å². The first-order chi connectivity index (χ1) is 8.65. The summed E-state index contributed by atoms with van der Waals surface area (Å²) in [5.74, 6) is 0.202. The van der Waals surface area contributed by atoms with Gasteiger partial charge in [0.15, 0.2) is 0 Å². The molecule has 1 fully saturated rings. The van der Waals surface area contributed by atoms with Crippen LogP contribution in [0.1, 0.15) is 34.1 Å². The standard InChI is InChI=1S/C13H25N3O3/c1-8(2)5-10(15-12(14)18)11(17)16-6-13(19,7-16)9(3)4/h8-10,19H,5-7H2,1-4H3,(H3,14,15,18). The third kappa shape index (κ3) is 3.83. The summed E-state index contributed by atoms with van der Waals surface area (Å²) in [4.78, 5) is 24.8. The van der Waals surface area contributed by atoms with Gasteiger partial charge < -0.3 is 21.1 Å². The second-order valence-corrected chi connectivity index (χ2v) is 6.14. The molecular formula is C13H25N3O3. The van der Waals surface area contributed by atoms with Crippen LogP contribution in [0, 0.1) is 11.8 Å². The maximum absolute atomic E-state index is 12.3. The van der Waals surface area contributed by atoms with E-state index in [1.165, 1.54) is 0 Å². The Morgan fingerprint density at radius 2 is 1.84 bits per heavy atom. The molecule has 0 saturated carbocycles. The molecule has 3 amide bonds. The van der Waals surface area contributed by atoms with Crippen molar-refractivity contribution in [3.05, 3.63) is 0 Å². The molecule has 0 spiro atoms. The highest BCUT2D eigenvalue weighted by molar-refractivity contribution is 5.87. The molecule has 1 saturated heterocycles. The Labute approximate surface area is 114 Å². The molecule has 4 N–H and O–H groups in total. The Kier molecular flexibility index (Phi) is 4.79. The number of amides is 3. The van der Waals surface area contributed by atoms with E-state index in [0.29, 0.717) is 19.5 Å². The van der Waals surface area contributed by atoms with E-state index < -0.39 is 17.7 Å². The van der Waals surface area contributed by atoms with Crippen molar-refractivity contribution in [2.75, 3.05) is 13.1 Å². The van der Waals surface area contributed by atoms with Crippen molar-refractivity contribution < 1.29 is 14.7 Å². The van der Waals surface area contributed by atoms with Gasteiger partial charge in [-0.3, -0.25) is 4.79 Å². The van der Waals surface area contributed by atoms with Gasteiger partial charge in [-0.25, -0.2) is 4.79 Å². The van der Waals surface area contributed by atoms with Crippen molar-refractivity contribution in [2.45, 2.75) is 45.8 Å². The van der Waals surface area contributed by atoms with Crippen molar-refractivity contribution >= 4 is 11.9 Å². The average molecular weight is 271 g/mol. The molecule has 1 unspecified atom stereocenters. The maximum Gasteiger partial charge on any atom is 0.312 e. The van der Waals surface area contributed by atoms with Crippen LogP contribution < -0.4 is 11.1 Å². The Hall–Kier alpha value is -1.30. The van der Waals surface area contributed by atoms with Gasteiger partial charge in [-0.05, 0) is 18.3 Å². The molecule has 1 aliphatic heterocycles. The van der Waals surface area contributed by atoms with Crippen LogP contribution in [0.2, 0.25) is 0 Å². The first kappa shape index (κ1) is 15.8. The molecular weight excluding hydrogens is 246 g/mol. The molecule has 0 aromatic heterocycles. The quantitative estimate of drug-likeness (QED) is 0.671. The minimum Gasteiger partial charge on any atom is -0.386 e. The number of nitrogens with two attached hydrogens (primary N) is 1. The van der Waals surface area contributed by atoms with Gasteiger partial charge >= 0.3 is 6.03 Å². The van der Waals surface area contributed by atoms with Gasteiger partial charge in [0.1, 0.15) is 11.6 Å². The number of carbonyl (C=O) groups excluding carboxylic acids is 2. The summed E-state index contributed by atoms with van der Waals surface area (Å²) < 4.78 is 0. The number of hydrogen-bond acceptors (Lipinski definition) is 3. The monoisotopic (exact) mass is 271 g/mol. The highest BCUT2D eigenvalue weighted by Gasteiger charge is 2.47. The summed E-state index contributed by atoms with van der Waals surface area (Å²) in [6, 6.07) is -1.30. The van der Waals surface area contributed by atoms with Crippen LogP contribution in [0.15, 0.2) is 0 Å². The number of aliphatic hydroxyl groups is 1. The van der Waals surface area contributed by atoms with E-state index in [9.17, 15) is 14.7 Å². The molecule has 0 radical (unpaired) electrons. The second kappa shape index (κ2) is 5.77. The van der Waals surface area contributed by atoms with Gasteiger partial charge in [-0.15, -0.1) is 0 Å². The lowest BCUT2D eigenvalue weighted by molar-refractivity contribution is -0.165. The molecule has 0 bridgehead atoms. The number of nitrogens with zero attached hydrogens (tertiary/aromatic N) is 1. The molecule has 0 aliphatic carbocycles. The third-order valence-electron chi connectivity index (χ3n) is 3.64. The predicted octanol–water partition coefficient (Wildman–Crippen LogP) is 0.299. The molecule has 1 heterocycles. The molecule has 6 heteroatoms. The van der Waals surface area contributed by atoms with Crippen LogP contribution in [0.3, 0.4) is 0 Å². The Morgan fingerprint density at radius 3 is 2.21 bits per heavy atom. The van der Waals surface area contributed by atoms with Crippen molar-refractivity contribution in [3.63, 3.8) is 0 Å². The molecule has 19 heavy (non-hydrogen) atoms. The van der Waals surface area contributed by atoms with Gasteiger partial charge in [0.25, 0.3) is 0 Å². The van der Waals surface area contributed by atoms with Crippen molar-refractivity contribution in [1.82, 2.24) is 10.2 Å². The molecule has 110 valence electrons. The smallest absolute Gasteiger partial charge is 0.312 e. The zero-order valence-corrected chi connectivity index (χ0v) is 12.1. The van der Waals surface area contributed by atoms with E-state index in [4.69, 9.17) is 5.73 Å². The van der Waals surface area contributed by atoms with Crippen molar-refractivity contribution in [1.29, 1.82) is 0 Å². The molecule has 0 aromatic rings. The number of urea groups is 1. The fraction of sp³-hybridized carbons (Fsp3) is 0.846. The van der Waals surface area contributed by atoms with E-state index >= 15 is 0 Å². The molecule has 1 aliphatic rings. The zero-order valence-electron chi connectivity index (χ0n) is 12.1. The van der Waals surface area contributed by atoms with E-state index in [1.54, 1.807) is 4.90 Å². The topological polar surface area (TPSA) is 95.7 Å². The summed E-state index contributed by atoms with van der Waals surface area (Å²) in [6.45, 7) is 8.44.